The maximum absolute atomic E-state index is 11.3. The van der Waals surface area contributed by atoms with Crippen molar-refractivity contribution >= 4 is 28.9 Å². The Kier molecular flexibility index (Phi) is 3.57. The number of benzene rings is 1. The molecule has 2 N–H and O–H groups in total. The van der Waals surface area contributed by atoms with Crippen LogP contribution >= 0.6 is 11.6 Å². The lowest BCUT2D eigenvalue weighted by molar-refractivity contribution is -0.115. The van der Waals surface area contributed by atoms with Crippen LogP contribution in [0.5, 0.6) is 0 Å². The number of carbonyl (C=O) groups excluding carboxylic acids is 1. The molecule has 0 radical (unpaired) electrons. The average Bonchev–Trinajstić information content (AvgIpc) is 2.57. The van der Waals surface area contributed by atoms with Gasteiger partial charge in [-0.05, 0) is 30.0 Å². The smallest absolute Gasteiger partial charge is 0.228 e. The SMILES string of the molecule is CC(C)CCNc1cc2c(cc1Cl)NC(=O)C2. The van der Waals surface area contributed by atoms with Crippen LogP contribution in [0.1, 0.15) is 25.8 Å². The van der Waals surface area contributed by atoms with Gasteiger partial charge in [0.25, 0.3) is 0 Å². The van der Waals surface area contributed by atoms with E-state index < -0.39 is 0 Å². The van der Waals surface area contributed by atoms with E-state index in [0.29, 0.717) is 17.4 Å². The fourth-order valence-corrected chi connectivity index (χ4v) is 2.11. The van der Waals surface area contributed by atoms with Gasteiger partial charge in [0.05, 0.1) is 17.1 Å². The molecule has 0 unspecified atom stereocenters. The molecule has 3 nitrogen and oxygen atoms in total. The molecule has 1 aliphatic heterocycles. The summed E-state index contributed by atoms with van der Waals surface area (Å²) in [6.07, 6.45) is 1.55. The molecule has 92 valence electrons. The first-order chi connectivity index (χ1) is 8.06. The van der Waals surface area contributed by atoms with Crippen molar-refractivity contribution in [3.05, 3.63) is 22.7 Å². The molecule has 17 heavy (non-hydrogen) atoms. The van der Waals surface area contributed by atoms with Gasteiger partial charge in [-0.15, -0.1) is 0 Å². The van der Waals surface area contributed by atoms with Gasteiger partial charge in [0.1, 0.15) is 0 Å². The Bertz CT molecular complexity index is 443. The van der Waals surface area contributed by atoms with Crippen molar-refractivity contribution in [2.24, 2.45) is 5.92 Å². The second-order valence-corrected chi connectivity index (χ2v) is 5.23. The number of rotatable bonds is 4. The Balaban J connectivity index is 2.08. The normalized spacial score (nSPS) is 13.8. The first kappa shape index (κ1) is 12.2. The van der Waals surface area contributed by atoms with Crippen LogP contribution in [0, 0.1) is 5.92 Å². The molecule has 1 aromatic rings. The fraction of sp³-hybridized carbons (Fsp3) is 0.462. The van der Waals surface area contributed by atoms with Crippen LogP contribution < -0.4 is 10.6 Å². The summed E-state index contributed by atoms with van der Waals surface area (Å²) >= 11 is 6.16. The highest BCUT2D eigenvalue weighted by molar-refractivity contribution is 6.33. The Labute approximate surface area is 107 Å². The number of halogens is 1. The minimum Gasteiger partial charge on any atom is -0.384 e. The third-order valence-electron chi connectivity index (χ3n) is 2.86. The predicted molar refractivity (Wildman–Crippen MR) is 71.7 cm³/mol. The number of amides is 1. The van der Waals surface area contributed by atoms with E-state index in [0.717, 1.165) is 29.9 Å². The fourth-order valence-electron chi connectivity index (χ4n) is 1.88. The Morgan fingerprint density at radius 1 is 1.47 bits per heavy atom. The molecule has 1 amide bonds. The lowest BCUT2D eigenvalue weighted by Gasteiger charge is -2.11. The first-order valence-electron chi connectivity index (χ1n) is 5.92. The number of hydrogen-bond acceptors (Lipinski definition) is 2. The molecular formula is C13H17ClN2O. The van der Waals surface area contributed by atoms with Crippen molar-refractivity contribution in [3.63, 3.8) is 0 Å². The Morgan fingerprint density at radius 2 is 2.24 bits per heavy atom. The number of carbonyl (C=O) groups is 1. The maximum atomic E-state index is 11.3. The van der Waals surface area contributed by atoms with E-state index in [-0.39, 0.29) is 5.91 Å². The minimum absolute atomic E-state index is 0.0374. The van der Waals surface area contributed by atoms with Crippen LogP contribution in [0.25, 0.3) is 0 Å². The van der Waals surface area contributed by atoms with E-state index in [1.807, 2.05) is 12.1 Å². The summed E-state index contributed by atoms with van der Waals surface area (Å²) in [7, 11) is 0. The number of hydrogen-bond donors (Lipinski definition) is 2. The first-order valence-corrected chi connectivity index (χ1v) is 6.30. The van der Waals surface area contributed by atoms with Gasteiger partial charge in [-0.25, -0.2) is 0 Å². The highest BCUT2D eigenvalue weighted by Crippen LogP contribution is 2.32. The molecule has 0 spiro atoms. The van der Waals surface area contributed by atoms with Gasteiger partial charge < -0.3 is 10.6 Å². The monoisotopic (exact) mass is 252 g/mol. The van der Waals surface area contributed by atoms with Gasteiger partial charge in [0.15, 0.2) is 0 Å². The molecular weight excluding hydrogens is 236 g/mol. The summed E-state index contributed by atoms with van der Waals surface area (Å²) < 4.78 is 0. The quantitative estimate of drug-likeness (QED) is 0.863. The number of fused-ring (bicyclic) bond motifs is 1. The zero-order valence-electron chi connectivity index (χ0n) is 10.1. The molecule has 0 saturated carbocycles. The Hall–Kier alpha value is -1.22. The standard InChI is InChI=1S/C13H17ClN2O/c1-8(2)3-4-15-12-5-9-6-13(17)16-11(9)7-10(12)14/h5,7-8,15H,3-4,6H2,1-2H3,(H,16,17). The topological polar surface area (TPSA) is 41.1 Å². The van der Waals surface area contributed by atoms with Gasteiger partial charge in [-0.3, -0.25) is 4.79 Å². The van der Waals surface area contributed by atoms with E-state index in [9.17, 15) is 4.79 Å². The third-order valence-corrected chi connectivity index (χ3v) is 3.17. The van der Waals surface area contributed by atoms with Gasteiger partial charge in [0.2, 0.25) is 5.91 Å². The van der Waals surface area contributed by atoms with Crippen LogP contribution in [0.3, 0.4) is 0 Å². The number of anilines is 2. The molecule has 0 fully saturated rings. The lowest BCUT2D eigenvalue weighted by Crippen LogP contribution is -2.05. The van der Waals surface area contributed by atoms with Crippen molar-refractivity contribution < 1.29 is 4.79 Å². The zero-order valence-corrected chi connectivity index (χ0v) is 10.9. The maximum Gasteiger partial charge on any atom is 0.228 e. The van der Waals surface area contributed by atoms with Gasteiger partial charge in [0, 0.05) is 12.2 Å². The minimum atomic E-state index is 0.0374. The zero-order chi connectivity index (χ0) is 12.4. The molecule has 0 saturated heterocycles. The molecule has 4 heteroatoms. The second kappa shape index (κ2) is 4.96. The summed E-state index contributed by atoms with van der Waals surface area (Å²) in [6, 6.07) is 3.79. The van der Waals surface area contributed by atoms with Crippen molar-refractivity contribution in [2.45, 2.75) is 26.7 Å². The van der Waals surface area contributed by atoms with E-state index >= 15 is 0 Å². The van der Waals surface area contributed by atoms with Crippen LogP contribution in [0.2, 0.25) is 5.02 Å². The predicted octanol–water partition coefficient (Wildman–Crippen LogP) is 3.29. The summed E-state index contributed by atoms with van der Waals surface area (Å²) in [5, 5.41) is 6.77. The van der Waals surface area contributed by atoms with E-state index in [4.69, 9.17) is 11.6 Å². The molecule has 1 aliphatic rings. The number of nitrogens with one attached hydrogen (secondary N) is 2. The van der Waals surface area contributed by atoms with Crippen LogP contribution in [-0.2, 0) is 11.2 Å². The molecule has 2 rings (SSSR count). The third kappa shape index (κ3) is 2.91. The Morgan fingerprint density at radius 3 is 2.94 bits per heavy atom. The lowest BCUT2D eigenvalue weighted by atomic mass is 10.1. The van der Waals surface area contributed by atoms with Gasteiger partial charge in [-0.1, -0.05) is 25.4 Å². The highest BCUT2D eigenvalue weighted by atomic mass is 35.5. The van der Waals surface area contributed by atoms with E-state index in [2.05, 4.69) is 24.5 Å². The van der Waals surface area contributed by atoms with Crippen LogP contribution in [-0.4, -0.2) is 12.5 Å². The molecule has 0 aliphatic carbocycles. The summed E-state index contributed by atoms with van der Waals surface area (Å²) in [5.74, 6) is 0.703. The van der Waals surface area contributed by atoms with E-state index in [1.54, 1.807) is 0 Å². The van der Waals surface area contributed by atoms with Crippen molar-refractivity contribution in [1.29, 1.82) is 0 Å². The van der Waals surface area contributed by atoms with E-state index in [1.165, 1.54) is 0 Å². The molecule has 0 atom stereocenters. The summed E-state index contributed by atoms with van der Waals surface area (Å²) in [4.78, 5) is 11.3. The summed E-state index contributed by atoms with van der Waals surface area (Å²) in [5.41, 5.74) is 2.78. The largest absolute Gasteiger partial charge is 0.384 e. The average molecular weight is 253 g/mol. The van der Waals surface area contributed by atoms with Crippen molar-refractivity contribution in [1.82, 2.24) is 0 Å². The van der Waals surface area contributed by atoms with Crippen LogP contribution in [0.4, 0.5) is 11.4 Å². The van der Waals surface area contributed by atoms with Crippen molar-refractivity contribution in [3.8, 4) is 0 Å². The van der Waals surface area contributed by atoms with Gasteiger partial charge >= 0.3 is 0 Å². The molecule has 0 aromatic heterocycles. The molecule has 0 bridgehead atoms. The molecule has 1 aromatic carbocycles. The highest BCUT2D eigenvalue weighted by Gasteiger charge is 2.19. The second-order valence-electron chi connectivity index (χ2n) is 4.82. The molecule has 1 heterocycles. The summed E-state index contributed by atoms with van der Waals surface area (Å²) in [6.45, 7) is 5.28. The van der Waals surface area contributed by atoms with Crippen molar-refractivity contribution in [2.75, 3.05) is 17.2 Å². The van der Waals surface area contributed by atoms with Gasteiger partial charge in [-0.2, -0.15) is 0 Å². The van der Waals surface area contributed by atoms with Crippen LogP contribution in [0.15, 0.2) is 12.1 Å².